The molecular formula is C32H28B4O8. The average Bonchev–Trinajstić information content (AvgIpc) is 3.91. The molecule has 5 aliphatic rings. The summed E-state index contributed by atoms with van der Waals surface area (Å²) >= 11 is 0. The Morgan fingerprint density at radius 1 is 0.273 bits per heavy atom. The molecule has 9 rings (SSSR count). The van der Waals surface area contributed by atoms with Gasteiger partial charge in [0, 0.05) is 0 Å². The van der Waals surface area contributed by atoms with E-state index >= 15 is 0 Å². The first-order valence-electron chi connectivity index (χ1n) is 15.3. The van der Waals surface area contributed by atoms with Gasteiger partial charge in [0.15, 0.2) is 0 Å². The van der Waals surface area contributed by atoms with E-state index in [2.05, 4.69) is 72.8 Å². The minimum absolute atomic E-state index is 0.390. The van der Waals surface area contributed by atoms with Gasteiger partial charge >= 0.3 is 28.5 Å². The van der Waals surface area contributed by atoms with Gasteiger partial charge in [0.05, 0.1) is 52.9 Å². The summed E-state index contributed by atoms with van der Waals surface area (Å²) in [5.41, 5.74) is 12.8. The summed E-state index contributed by atoms with van der Waals surface area (Å²) in [4.78, 5) is 0. The molecule has 0 saturated carbocycles. The van der Waals surface area contributed by atoms with Crippen LogP contribution in [0.1, 0.15) is 0 Å². The molecule has 0 spiro atoms. The molecule has 0 unspecified atom stereocenters. The van der Waals surface area contributed by atoms with Crippen LogP contribution in [-0.2, 0) is 37.2 Å². The lowest BCUT2D eigenvalue weighted by molar-refractivity contribution is 0.365. The maximum atomic E-state index is 5.93. The standard InChI is InChI=1S/C32H28B4O8/c1-5-25-26-6-2-22(34-39-11-12-40-34)18-30(26)32-20-24(36-43-15-16-44-36)4-8-28(32)27-7-3-23(35-41-13-14-42-35)19-31(27)29(25)17-21(1)33-37-9-10-38-33/h1-8,17-20H,9-16H2. The van der Waals surface area contributed by atoms with E-state index in [1.54, 1.807) is 0 Å². The molecule has 4 aromatic rings. The van der Waals surface area contributed by atoms with Crippen molar-refractivity contribution >= 4 is 50.3 Å². The van der Waals surface area contributed by atoms with Gasteiger partial charge in [-0.3, -0.25) is 0 Å². The van der Waals surface area contributed by atoms with E-state index < -0.39 is 28.5 Å². The van der Waals surface area contributed by atoms with Gasteiger partial charge in [-0.25, -0.2) is 0 Å². The maximum absolute atomic E-state index is 5.93. The van der Waals surface area contributed by atoms with E-state index in [1.165, 1.54) is 0 Å². The van der Waals surface area contributed by atoms with Crippen LogP contribution in [0.25, 0.3) is 44.5 Å². The third kappa shape index (κ3) is 4.69. The summed E-state index contributed by atoms with van der Waals surface area (Å²) in [6, 6.07) is 26.1. The molecule has 0 bridgehead atoms. The van der Waals surface area contributed by atoms with Crippen LogP contribution in [0, 0.1) is 0 Å². The van der Waals surface area contributed by atoms with Crippen molar-refractivity contribution in [1.82, 2.24) is 0 Å². The van der Waals surface area contributed by atoms with E-state index in [-0.39, 0.29) is 0 Å². The van der Waals surface area contributed by atoms with E-state index in [4.69, 9.17) is 37.2 Å². The third-order valence-electron chi connectivity index (χ3n) is 8.91. The number of hydrogen-bond donors (Lipinski definition) is 0. The molecule has 216 valence electrons. The fourth-order valence-corrected chi connectivity index (χ4v) is 6.87. The van der Waals surface area contributed by atoms with E-state index in [9.17, 15) is 0 Å². The van der Waals surface area contributed by atoms with Crippen molar-refractivity contribution in [2.24, 2.45) is 0 Å². The van der Waals surface area contributed by atoms with Crippen LogP contribution < -0.4 is 21.9 Å². The molecule has 44 heavy (non-hydrogen) atoms. The van der Waals surface area contributed by atoms with E-state index in [0.29, 0.717) is 52.9 Å². The molecule has 1 aliphatic carbocycles. The SMILES string of the molecule is c1cc2c(cc1B1OCCO1)-c1cc(B3OCCO3)ccc1-c1ccc(B3OCCO3)cc1-c1cc(B3OCCO3)ccc1-2. The van der Waals surface area contributed by atoms with Crippen molar-refractivity contribution in [3.8, 4) is 44.5 Å². The Morgan fingerprint density at radius 2 is 0.477 bits per heavy atom. The smallest absolute Gasteiger partial charge is 0.405 e. The summed E-state index contributed by atoms with van der Waals surface area (Å²) < 4.78 is 47.4. The van der Waals surface area contributed by atoms with Crippen molar-refractivity contribution in [2.75, 3.05) is 52.9 Å². The molecule has 4 saturated heterocycles. The highest BCUT2D eigenvalue weighted by Gasteiger charge is 2.34. The van der Waals surface area contributed by atoms with Gasteiger partial charge in [0.1, 0.15) is 0 Å². The quantitative estimate of drug-likeness (QED) is 0.296. The Balaban J connectivity index is 1.31. The molecule has 0 amide bonds. The molecule has 4 fully saturated rings. The first-order chi connectivity index (χ1) is 21.8. The fourth-order valence-electron chi connectivity index (χ4n) is 6.87. The van der Waals surface area contributed by atoms with Gasteiger partial charge in [0.2, 0.25) is 0 Å². The van der Waals surface area contributed by atoms with Crippen molar-refractivity contribution < 1.29 is 37.2 Å². The predicted octanol–water partition coefficient (Wildman–Crippen LogP) is 1.64. The van der Waals surface area contributed by atoms with Gasteiger partial charge in [0.25, 0.3) is 0 Å². The van der Waals surface area contributed by atoms with E-state index in [0.717, 1.165) is 66.4 Å². The normalized spacial score (nSPS) is 19.1. The molecule has 12 heteroatoms. The highest BCUT2D eigenvalue weighted by Crippen LogP contribution is 2.47. The summed E-state index contributed by atoms with van der Waals surface area (Å²) in [6.45, 7) is 4.67. The van der Waals surface area contributed by atoms with Gasteiger partial charge in [-0.1, -0.05) is 72.8 Å². The topological polar surface area (TPSA) is 73.8 Å². The van der Waals surface area contributed by atoms with Gasteiger partial charge in [-0.05, 0) is 66.4 Å². The molecule has 4 aromatic carbocycles. The second-order valence-corrected chi connectivity index (χ2v) is 11.5. The van der Waals surface area contributed by atoms with Crippen LogP contribution in [0.4, 0.5) is 0 Å². The van der Waals surface area contributed by atoms with Crippen molar-refractivity contribution in [3.63, 3.8) is 0 Å². The zero-order chi connectivity index (χ0) is 29.0. The zero-order valence-corrected chi connectivity index (χ0v) is 24.2. The van der Waals surface area contributed by atoms with Crippen LogP contribution in [0.5, 0.6) is 0 Å². The second-order valence-electron chi connectivity index (χ2n) is 11.5. The lowest BCUT2D eigenvalue weighted by atomic mass is 9.70. The summed E-state index contributed by atoms with van der Waals surface area (Å²) in [6.07, 6.45) is 0. The molecular weight excluding hydrogens is 556 g/mol. The van der Waals surface area contributed by atoms with Gasteiger partial charge in [-0.2, -0.15) is 0 Å². The molecule has 0 radical (unpaired) electrons. The first kappa shape index (κ1) is 27.2. The first-order valence-corrected chi connectivity index (χ1v) is 15.3. The summed E-state index contributed by atoms with van der Waals surface area (Å²) in [5, 5.41) is 0. The van der Waals surface area contributed by atoms with E-state index in [1.807, 2.05) is 0 Å². The maximum Gasteiger partial charge on any atom is 0.494 e. The molecule has 4 aliphatic heterocycles. The average molecular weight is 584 g/mol. The third-order valence-corrected chi connectivity index (χ3v) is 8.91. The Morgan fingerprint density at radius 3 is 0.682 bits per heavy atom. The molecule has 0 N–H and O–H groups in total. The highest BCUT2D eigenvalue weighted by molar-refractivity contribution is 6.63. The molecule has 4 heterocycles. The monoisotopic (exact) mass is 584 g/mol. The molecule has 0 atom stereocenters. The Bertz CT molecular complexity index is 1470. The minimum Gasteiger partial charge on any atom is -0.405 e. The fraction of sp³-hybridized carbons (Fsp3) is 0.250. The summed E-state index contributed by atoms with van der Waals surface area (Å²) in [7, 11) is -1.56. The van der Waals surface area contributed by atoms with Crippen molar-refractivity contribution in [1.29, 1.82) is 0 Å². The van der Waals surface area contributed by atoms with Crippen LogP contribution in [0.2, 0.25) is 0 Å². The number of rotatable bonds is 4. The lowest BCUT2D eigenvalue weighted by Crippen LogP contribution is -2.33. The number of benzene rings is 4. The van der Waals surface area contributed by atoms with Crippen LogP contribution in [0.3, 0.4) is 0 Å². The highest BCUT2D eigenvalue weighted by atomic mass is 16.6. The van der Waals surface area contributed by atoms with Crippen LogP contribution in [-0.4, -0.2) is 81.3 Å². The van der Waals surface area contributed by atoms with Crippen LogP contribution >= 0.6 is 0 Å². The van der Waals surface area contributed by atoms with Gasteiger partial charge in [-0.15, -0.1) is 0 Å². The number of fused-ring (bicyclic) bond motifs is 8. The Labute approximate surface area is 257 Å². The number of hydrogen-bond acceptors (Lipinski definition) is 8. The summed E-state index contributed by atoms with van der Waals surface area (Å²) in [5.74, 6) is 0. The molecule has 8 nitrogen and oxygen atoms in total. The zero-order valence-electron chi connectivity index (χ0n) is 24.2. The Hall–Kier alpha value is -3.18. The predicted molar refractivity (Wildman–Crippen MR) is 171 cm³/mol. The lowest BCUT2D eigenvalue weighted by Gasteiger charge is -2.26. The minimum atomic E-state index is -0.390. The largest absolute Gasteiger partial charge is 0.494 e. The Kier molecular flexibility index (Phi) is 6.98. The van der Waals surface area contributed by atoms with Crippen molar-refractivity contribution in [2.45, 2.75) is 0 Å². The van der Waals surface area contributed by atoms with Gasteiger partial charge < -0.3 is 37.2 Å². The second kappa shape index (κ2) is 11.3. The van der Waals surface area contributed by atoms with Crippen molar-refractivity contribution in [3.05, 3.63) is 72.8 Å². The molecule has 0 aromatic heterocycles. The van der Waals surface area contributed by atoms with Crippen LogP contribution in [0.15, 0.2) is 72.8 Å².